The summed E-state index contributed by atoms with van der Waals surface area (Å²) in [5.41, 5.74) is 0.651. The largest absolute Gasteiger partial charge is 0.391 e. The average molecular weight is 1110 g/mol. The lowest BCUT2D eigenvalue weighted by Crippen LogP contribution is -2.61. The van der Waals surface area contributed by atoms with E-state index in [1.165, 1.54) is 77.6 Å². The summed E-state index contributed by atoms with van der Waals surface area (Å²) < 4.78 is 0. The van der Waals surface area contributed by atoms with Crippen molar-refractivity contribution in [2.24, 2.45) is 23.7 Å². The Bertz CT molecular complexity index is 2300. The number of rotatable bonds is 10. The molecule has 1 saturated heterocycles. The SMILES string of the molecule is CC(C)C[C@@H]1NC(=O)[C@H](CC(C)C)N(C)C(=O)[C@H](C)NC(=O)[C@H](C(C)C)N(C)C(=O)[C@H](Cc2ccccc2)NC(=O)CN(C)C(=O)[C@H]([C@@H](C)O)NC(=O)[C@H](C)N(C)C(=O)[C@H](CC(C)C)N(C)C(=O)[C@@H](C)NC(=O)C[C@H](C)NC1=O. The van der Waals surface area contributed by atoms with Gasteiger partial charge in [0.25, 0.3) is 0 Å². The number of carbonyl (C=O) groups excluding carboxylic acids is 11. The number of nitrogens with zero attached hydrogens (tertiary/aromatic N) is 5. The van der Waals surface area contributed by atoms with Crippen molar-refractivity contribution in [3.8, 4) is 0 Å². The van der Waals surface area contributed by atoms with Crippen LogP contribution in [0.5, 0.6) is 0 Å². The Hall–Kier alpha value is -6.65. The maximum Gasteiger partial charge on any atom is 0.248 e. The van der Waals surface area contributed by atoms with Crippen molar-refractivity contribution in [1.29, 1.82) is 0 Å². The zero-order chi connectivity index (χ0) is 60.5. The van der Waals surface area contributed by atoms with E-state index < -0.39 is 144 Å². The number of benzene rings is 1. The molecule has 0 aromatic heterocycles. The minimum atomic E-state index is -1.61. The second-order valence-electron chi connectivity index (χ2n) is 23.0. The van der Waals surface area contributed by atoms with Crippen LogP contribution >= 0.6 is 0 Å². The number of aliphatic hydroxyl groups excluding tert-OH is 1. The van der Waals surface area contributed by atoms with Gasteiger partial charge in [-0.25, -0.2) is 0 Å². The summed E-state index contributed by atoms with van der Waals surface area (Å²) in [6, 6.07) is -3.05. The first kappa shape index (κ1) is 68.5. The Morgan fingerprint density at radius 1 is 0.494 bits per heavy atom. The van der Waals surface area contributed by atoms with E-state index in [2.05, 4.69) is 31.9 Å². The lowest BCUT2D eigenvalue weighted by atomic mass is 9.98. The number of hydrogen-bond donors (Lipinski definition) is 7. The highest BCUT2D eigenvalue weighted by molar-refractivity contribution is 5.98. The van der Waals surface area contributed by atoms with Gasteiger partial charge in [0.05, 0.1) is 12.6 Å². The van der Waals surface area contributed by atoms with Gasteiger partial charge in [0, 0.05) is 54.1 Å². The van der Waals surface area contributed by atoms with Crippen molar-refractivity contribution >= 4 is 65.0 Å². The van der Waals surface area contributed by atoms with Gasteiger partial charge in [-0.1, -0.05) is 85.7 Å². The molecule has 1 aliphatic rings. The van der Waals surface area contributed by atoms with Crippen LogP contribution in [0.25, 0.3) is 0 Å². The smallest absolute Gasteiger partial charge is 0.248 e. The summed E-state index contributed by atoms with van der Waals surface area (Å²) in [7, 11) is 6.84. The standard InChI is InChI=1S/C56H93N11O12/c1-30(2)24-40-49(72)57-34(9)27-44(69)58-35(10)52(75)66(17)43(26-32(5)6)55(78)64(15)37(12)48(71)62-46(38(13)68)56(79)63(14)29-45(70)60-41(28-39-22-20-19-21-23-39)54(77)67(18)47(33(7)8)51(74)59-36(11)53(76)65(16)42(25-31(3)4)50(73)61-40/h19-23,30-38,40-43,46-47,68H,24-29H2,1-18H3,(H,57,72)(H,58,69)(H,59,74)(H,60,70)(H,61,73)(H,62,71)/t34-,35+,36-,37-,38+,40-,41-,42-,43-,46-,47-/m0/s1. The zero-order valence-corrected chi connectivity index (χ0v) is 50.0. The molecule has 444 valence electrons. The highest BCUT2D eigenvalue weighted by atomic mass is 16.3. The summed E-state index contributed by atoms with van der Waals surface area (Å²) in [4.78, 5) is 160. The van der Waals surface area contributed by atoms with Crippen molar-refractivity contribution < 1.29 is 57.8 Å². The Kier molecular flexibility index (Phi) is 27.1. The van der Waals surface area contributed by atoms with Crippen LogP contribution in [0, 0.1) is 23.7 Å². The van der Waals surface area contributed by atoms with E-state index in [4.69, 9.17) is 0 Å². The van der Waals surface area contributed by atoms with Crippen LogP contribution in [0.2, 0.25) is 0 Å². The first-order valence-electron chi connectivity index (χ1n) is 27.4. The molecule has 0 unspecified atom stereocenters. The first-order chi connectivity index (χ1) is 36.6. The molecule has 0 spiro atoms. The first-order valence-corrected chi connectivity index (χ1v) is 27.4. The summed E-state index contributed by atoms with van der Waals surface area (Å²) in [6.07, 6.45) is -1.28. The number of aliphatic hydroxyl groups is 1. The number of hydrogen-bond acceptors (Lipinski definition) is 12. The van der Waals surface area contributed by atoms with E-state index in [1.54, 1.807) is 51.1 Å². The number of carbonyl (C=O) groups is 11. The fourth-order valence-corrected chi connectivity index (χ4v) is 9.44. The molecule has 1 fully saturated rings. The van der Waals surface area contributed by atoms with E-state index in [9.17, 15) is 57.8 Å². The van der Waals surface area contributed by atoms with Crippen molar-refractivity contribution in [3.05, 3.63) is 35.9 Å². The zero-order valence-electron chi connectivity index (χ0n) is 50.0. The fourth-order valence-electron chi connectivity index (χ4n) is 9.44. The predicted octanol–water partition coefficient (Wildman–Crippen LogP) is 0.563. The molecular formula is C56H93N11O12. The summed E-state index contributed by atoms with van der Waals surface area (Å²) in [6.45, 7) is 21.0. The fraction of sp³-hybridized carbons (Fsp3) is 0.696. The molecule has 79 heavy (non-hydrogen) atoms. The number of amides is 11. The number of likely N-dealkylation sites (N-methyl/N-ethyl adjacent to an activating group) is 5. The highest BCUT2D eigenvalue weighted by Crippen LogP contribution is 2.19. The summed E-state index contributed by atoms with van der Waals surface area (Å²) in [5.74, 6) is -8.49. The topological polar surface area (TPSA) is 296 Å². The monoisotopic (exact) mass is 1110 g/mol. The van der Waals surface area contributed by atoms with Crippen molar-refractivity contribution in [2.75, 3.05) is 41.8 Å². The molecule has 0 saturated carbocycles. The number of nitrogens with one attached hydrogen (secondary N) is 6. The van der Waals surface area contributed by atoms with Gasteiger partial charge in [-0.2, -0.15) is 0 Å². The lowest BCUT2D eigenvalue weighted by molar-refractivity contribution is -0.149. The minimum absolute atomic E-state index is 0.0361. The molecule has 2 rings (SSSR count). The van der Waals surface area contributed by atoms with Crippen molar-refractivity contribution in [1.82, 2.24) is 56.4 Å². The van der Waals surface area contributed by atoms with Crippen LogP contribution in [-0.4, -0.2) is 203 Å². The Balaban J connectivity index is 2.73. The Morgan fingerprint density at radius 3 is 1.53 bits per heavy atom. The van der Waals surface area contributed by atoms with Gasteiger partial charge in [0.2, 0.25) is 65.0 Å². The van der Waals surface area contributed by atoms with Gasteiger partial charge in [0.15, 0.2) is 0 Å². The van der Waals surface area contributed by atoms with Gasteiger partial charge < -0.3 is 61.5 Å². The molecular weight excluding hydrogens is 1020 g/mol. The molecule has 11 amide bonds. The predicted molar refractivity (Wildman–Crippen MR) is 298 cm³/mol. The second-order valence-corrected chi connectivity index (χ2v) is 23.0. The quantitative estimate of drug-likeness (QED) is 0.169. The third kappa shape index (κ3) is 20.5. The molecule has 7 N–H and O–H groups in total. The average Bonchev–Trinajstić information content (AvgIpc) is 3.35. The maximum atomic E-state index is 14.6. The molecule has 1 aromatic carbocycles. The van der Waals surface area contributed by atoms with Gasteiger partial charge in [-0.3, -0.25) is 52.7 Å². The van der Waals surface area contributed by atoms with E-state index in [1.807, 2.05) is 41.5 Å². The molecule has 0 radical (unpaired) electrons. The summed E-state index contributed by atoms with van der Waals surface area (Å²) >= 11 is 0. The molecule has 1 aliphatic heterocycles. The lowest BCUT2D eigenvalue weighted by Gasteiger charge is -2.36. The molecule has 11 atom stereocenters. The van der Waals surface area contributed by atoms with E-state index in [0.717, 1.165) is 9.80 Å². The van der Waals surface area contributed by atoms with Crippen LogP contribution < -0.4 is 31.9 Å². The molecule has 1 heterocycles. The Morgan fingerprint density at radius 2 is 1.01 bits per heavy atom. The van der Waals surface area contributed by atoms with Crippen LogP contribution in [-0.2, 0) is 59.2 Å². The third-order valence-electron chi connectivity index (χ3n) is 14.0. The van der Waals surface area contributed by atoms with Crippen LogP contribution in [0.3, 0.4) is 0 Å². The van der Waals surface area contributed by atoms with Gasteiger partial charge in [-0.05, 0) is 83.1 Å². The second kappa shape index (κ2) is 31.2. The van der Waals surface area contributed by atoms with Crippen molar-refractivity contribution in [3.63, 3.8) is 0 Å². The third-order valence-corrected chi connectivity index (χ3v) is 14.0. The van der Waals surface area contributed by atoms with Crippen LogP contribution in [0.1, 0.15) is 121 Å². The van der Waals surface area contributed by atoms with Gasteiger partial charge in [0.1, 0.15) is 54.4 Å². The molecule has 23 nitrogen and oxygen atoms in total. The van der Waals surface area contributed by atoms with Crippen LogP contribution in [0.4, 0.5) is 0 Å². The van der Waals surface area contributed by atoms with Gasteiger partial charge in [-0.15, -0.1) is 0 Å². The minimum Gasteiger partial charge on any atom is -0.391 e. The van der Waals surface area contributed by atoms with Crippen LogP contribution in [0.15, 0.2) is 30.3 Å². The normalized spacial score (nSPS) is 27.2. The van der Waals surface area contributed by atoms with E-state index >= 15 is 0 Å². The maximum absolute atomic E-state index is 14.6. The molecule has 0 bridgehead atoms. The van der Waals surface area contributed by atoms with E-state index in [0.29, 0.717) is 5.56 Å². The summed E-state index contributed by atoms with van der Waals surface area (Å²) in [5, 5.41) is 27.0. The molecule has 0 aliphatic carbocycles. The Labute approximate surface area is 467 Å². The molecule has 23 heteroatoms. The van der Waals surface area contributed by atoms with Gasteiger partial charge >= 0.3 is 0 Å². The van der Waals surface area contributed by atoms with E-state index in [-0.39, 0.29) is 49.9 Å². The highest BCUT2D eigenvalue weighted by Gasteiger charge is 2.40. The molecule has 1 aromatic rings. The van der Waals surface area contributed by atoms with Crippen molar-refractivity contribution in [2.45, 2.75) is 189 Å².